The number of ether oxygens (including phenoxy) is 2. The number of nitrogens with one attached hydrogen (secondary N) is 2. The van der Waals surface area contributed by atoms with Crippen molar-refractivity contribution < 1.29 is 14.3 Å². The van der Waals surface area contributed by atoms with Crippen molar-refractivity contribution in [2.24, 2.45) is 0 Å². The Morgan fingerprint density at radius 1 is 1.30 bits per heavy atom. The molecule has 0 saturated heterocycles. The number of anilines is 1. The molecule has 118 valence electrons. The molecule has 1 aromatic carbocycles. The third-order valence-electron chi connectivity index (χ3n) is 3.06. The maximum absolute atomic E-state index is 12.0. The fraction of sp³-hybridized carbons (Fsp3) is 0.188. The van der Waals surface area contributed by atoms with E-state index < -0.39 is 6.03 Å². The number of urea groups is 1. The van der Waals surface area contributed by atoms with Gasteiger partial charge in [-0.3, -0.25) is 0 Å². The maximum atomic E-state index is 12.0. The van der Waals surface area contributed by atoms with E-state index in [1.807, 2.05) is 12.1 Å². The van der Waals surface area contributed by atoms with Gasteiger partial charge in [-0.1, -0.05) is 6.07 Å². The minimum Gasteiger partial charge on any atom is -0.495 e. The van der Waals surface area contributed by atoms with Crippen LogP contribution in [-0.4, -0.2) is 25.2 Å². The lowest BCUT2D eigenvalue weighted by molar-refractivity contribution is 0.251. The molecular weight excluding hydrogens is 296 g/mol. The Morgan fingerprint density at radius 3 is 2.83 bits per heavy atom. The van der Waals surface area contributed by atoms with E-state index in [-0.39, 0.29) is 6.54 Å². The van der Waals surface area contributed by atoms with Gasteiger partial charge in [-0.2, -0.15) is 5.26 Å². The second-order valence-corrected chi connectivity index (χ2v) is 4.51. The molecule has 0 aliphatic rings. The predicted molar refractivity (Wildman–Crippen MR) is 84.4 cm³/mol. The summed E-state index contributed by atoms with van der Waals surface area (Å²) in [5.74, 6) is 0.926. The molecule has 0 saturated carbocycles. The van der Waals surface area contributed by atoms with Crippen LogP contribution >= 0.6 is 0 Å². The van der Waals surface area contributed by atoms with Crippen molar-refractivity contribution in [2.45, 2.75) is 6.54 Å². The Bertz CT molecular complexity index is 740. The van der Waals surface area contributed by atoms with Crippen LogP contribution in [0.5, 0.6) is 11.6 Å². The van der Waals surface area contributed by atoms with Gasteiger partial charge >= 0.3 is 6.03 Å². The first-order chi connectivity index (χ1) is 11.2. The number of amides is 2. The van der Waals surface area contributed by atoms with E-state index in [1.165, 1.54) is 14.2 Å². The van der Waals surface area contributed by atoms with Crippen molar-refractivity contribution in [1.82, 2.24) is 10.3 Å². The minimum absolute atomic E-state index is 0.253. The van der Waals surface area contributed by atoms with Crippen LogP contribution in [0.3, 0.4) is 0 Å². The van der Waals surface area contributed by atoms with E-state index in [9.17, 15) is 4.79 Å². The number of nitrogens with zero attached hydrogens (tertiary/aromatic N) is 2. The van der Waals surface area contributed by atoms with E-state index in [0.717, 1.165) is 5.56 Å². The highest BCUT2D eigenvalue weighted by Gasteiger charge is 2.10. The van der Waals surface area contributed by atoms with E-state index in [1.54, 1.807) is 30.5 Å². The summed E-state index contributed by atoms with van der Waals surface area (Å²) in [6, 6.07) is 9.94. The fourth-order valence-electron chi connectivity index (χ4n) is 1.96. The summed E-state index contributed by atoms with van der Waals surface area (Å²) in [7, 11) is 3.01. The SMILES string of the molecule is COc1ccc(C#N)cc1NC(=O)NCc1cccnc1OC. The summed E-state index contributed by atoms with van der Waals surface area (Å²) in [4.78, 5) is 16.1. The number of carbonyl (C=O) groups excluding carboxylic acids is 1. The Hall–Kier alpha value is -3.27. The lowest BCUT2D eigenvalue weighted by Gasteiger charge is -2.12. The molecule has 2 rings (SSSR count). The van der Waals surface area contributed by atoms with Gasteiger partial charge in [-0.15, -0.1) is 0 Å². The lowest BCUT2D eigenvalue weighted by Crippen LogP contribution is -2.28. The molecule has 0 bridgehead atoms. The van der Waals surface area contributed by atoms with Crippen LogP contribution < -0.4 is 20.1 Å². The van der Waals surface area contributed by atoms with Crippen LogP contribution in [0.4, 0.5) is 10.5 Å². The van der Waals surface area contributed by atoms with Crippen molar-refractivity contribution in [1.29, 1.82) is 5.26 Å². The third kappa shape index (κ3) is 4.11. The predicted octanol–water partition coefficient (Wildman–Crippen LogP) is 2.29. The van der Waals surface area contributed by atoms with E-state index >= 15 is 0 Å². The van der Waals surface area contributed by atoms with E-state index in [0.29, 0.717) is 22.9 Å². The summed E-state index contributed by atoms with van der Waals surface area (Å²) in [5.41, 5.74) is 1.60. The van der Waals surface area contributed by atoms with Gasteiger partial charge in [-0.25, -0.2) is 9.78 Å². The number of nitriles is 1. The zero-order chi connectivity index (χ0) is 16.7. The molecule has 0 unspecified atom stereocenters. The molecule has 0 aliphatic carbocycles. The Labute approximate surface area is 133 Å². The largest absolute Gasteiger partial charge is 0.495 e. The molecule has 0 radical (unpaired) electrons. The number of carbonyl (C=O) groups is 1. The minimum atomic E-state index is -0.427. The van der Waals surface area contributed by atoms with Crippen molar-refractivity contribution in [3.05, 3.63) is 47.7 Å². The smallest absolute Gasteiger partial charge is 0.319 e. The van der Waals surface area contributed by atoms with Crippen LogP contribution in [0, 0.1) is 11.3 Å². The Morgan fingerprint density at radius 2 is 2.13 bits per heavy atom. The molecule has 2 amide bonds. The van der Waals surface area contributed by atoms with Gasteiger partial charge in [0.1, 0.15) is 5.75 Å². The van der Waals surface area contributed by atoms with Crippen LogP contribution in [0.15, 0.2) is 36.5 Å². The van der Waals surface area contributed by atoms with E-state index in [4.69, 9.17) is 14.7 Å². The first-order valence-electron chi connectivity index (χ1n) is 6.78. The molecule has 0 atom stereocenters. The highest BCUT2D eigenvalue weighted by Crippen LogP contribution is 2.25. The van der Waals surface area contributed by atoms with E-state index in [2.05, 4.69) is 15.6 Å². The van der Waals surface area contributed by atoms with Gasteiger partial charge in [0.2, 0.25) is 5.88 Å². The normalized spacial score (nSPS) is 9.61. The topological polar surface area (TPSA) is 96.3 Å². The second-order valence-electron chi connectivity index (χ2n) is 4.51. The summed E-state index contributed by atoms with van der Waals surface area (Å²) in [6.45, 7) is 0.253. The monoisotopic (exact) mass is 312 g/mol. The van der Waals surface area contributed by atoms with Gasteiger partial charge in [0.05, 0.1) is 31.5 Å². The fourth-order valence-corrected chi connectivity index (χ4v) is 1.96. The summed E-state index contributed by atoms with van der Waals surface area (Å²) in [5, 5.41) is 14.3. The lowest BCUT2D eigenvalue weighted by atomic mass is 10.2. The zero-order valence-electron chi connectivity index (χ0n) is 12.8. The molecule has 7 nitrogen and oxygen atoms in total. The molecule has 0 aliphatic heterocycles. The molecule has 2 aromatic rings. The van der Waals surface area contributed by atoms with Crippen LogP contribution in [0.1, 0.15) is 11.1 Å². The van der Waals surface area contributed by atoms with Gasteiger partial charge in [0, 0.05) is 18.3 Å². The van der Waals surface area contributed by atoms with Crippen LogP contribution in [-0.2, 0) is 6.54 Å². The molecule has 23 heavy (non-hydrogen) atoms. The molecule has 1 aromatic heterocycles. The van der Waals surface area contributed by atoms with Crippen LogP contribution in [0.25, 0.3) is 0 Å². The van der Waals surface area contributed by atoms with Gasteiger partial charge in [0.15, 0.2) is 0 Å². The molecule has 2 N–H and O–H groups in total. The number of hydrogen-bond acceptors (Lipinski definition) is 5. The molecule has 0 fully saturated rings. The third-order valence-corrected chi connectivity index (χ3v) is 3.06. The average Bonchev–Trinajstić information content (AvgIpc) is 2.60. The first-order valence-corrected chi connectivity index (χ1v) is 6.78. The van der Waals surface area contributed by atoms with Gasteiger partial charge in [-0.05, 0) is 24.3 Å². The first kappa shape index (κ1) is 16.1. The average molecular weight is 312 g/mol. The molecule has 1 heterocycles. The molecular formula is C16H16N4O3. The number of rotatable bonds is 5. The number of methoxy groups -OCH3 is 2. The maximum Gasteiger partial charge on any atom is 0.319 e. The highest BCUT2D eigenvalue weighted by molar-refractivity contribution is 5.91. The quantitative estimate of drug-likeness (QED) is 0.883. The van der Waals surface area contributed by atoms with Crippen molar-refractivity contribution >= 4 is 11.7 Å². The van der Waals surface area contributed by atoms with Crippen molar-refractivity contribution in [3.8, 4) is 17.7 Å². The Balaban J connectivity index is 2.04. The number of pyridine rings is 1. The summed E-state index contributed by atoms with van der Waals surface area (Å²) in [6.07, 6.45) is 1.61. The standard InChI is InChI=1S/C16H16N4O3/c1-22-14-6-5-11(9-17)8-13(14)20-16(21)19-10-12-4-3-7-18-15(12)23-2/h3-8H,10H2,1-2H3,(H2,19,20,21). The number of hydrogen-bond donors (Lipinski definition) is 2. The number of benzene rings is 1. The zero-order valence-corrected chi connectivity index (χ0v) is 12.8. The molecule has 0 spiro atoms. The number of aromatic nitrogens is 1. The Kier molecular flexibility index (Phi) is 5.36. The van der Waals surface area contributed by atoms with Crippen LogP contribution in [0.2, 0.25) is 0 Å². The van der Waals surface area contributed by atoms with Gasteiger partial charge < -0.3 is 20.1 Å². The second kappa shape index (κ2) is 7.66. The van der Waals surface area contributed by atoms with Gasteiger partial charge in [0.25, 0.3) is 0 Å². The summed E-state index contributed by atoms with van der Waals surface area (Å²) >= 11 is 0. The van der Waals surface area contributed by atoms with Crippen molar-refractivity contribution in [3.63, 3.8) is 0 Å². The highest BCUT2D eigenvalue weighted by atomic mass is 16.5. The molecule has 7 heteroatoms. The van der Waals surface area contributed by atoms with Crippen molar-refractivity contribution in [2.75, 3.05) is 19.5 Å². The summed E-state index contributed by atoms with van der Waals surface area (Å²) < 4.78 is 10.3.